The zero-order valence-corrected chi connectivity index (χ0v) is 15.8. The largest absolute Gasteiger partial charge is 0.692 e. The fraction of sp³-hybridized carbons (Fsp3) is 0.929. The summed E-state index contributed by atoms with van der Waals surface area (Å²) in [4.78, 5) is 23.1. The summed E-state index contributed by atoms with van der Waals surface area (Å²) in [6, 6.07) is 0. The first-order chi connectivity index (χ1) is 9.81. The quantitative estimate of drug-likeness (QED) is 0.627. The van der Waals surface area contributed by atoms with Gasteiger partial charge < -0.3 is 9.90 Å². The van der Waals surface area contributed by atoms with Crippen LogP contribution in [0.1, 0.15) is 66.2 Å². The van der Waals surface area contributed by atoms with Gasteiger partial charge in [-0.1, -0.05) is 40.0 Å². The van der Waals surface area contributed by atoms with Gasteiger partial charge in [-0.05, 0) is 26.2 Å². The molecule has 0 aliphatic heterocycles. The highest BCUT2D eigenvalue weighted by Crippen LogP contribution is 2.38. The van der Waals surface area contributed by atoms with Crippen molar-refractivity contribution < 1.29 is 24.3 Å². The molecule has 0 aromatic carbocycles. The highest BCUT2D eigenvalue weighted by atomic mass is 31.1. The molecule has 0 bridgehead atoms. The van der Waals surface area contributed by atoms with E-state index in [1.54, 1.807) is 18.5 Å². The first-order valence-electron chi connectivity index (χ1n) is 7.67. The fourth-order valence-electron chi connectivity index (χ4n) is 1.66. The molecule has 0 heterocycles. The molecule has 0 atom stereocenters. The predicted octanol–water partition coefficient (Wildman–Crippen LogP) is 2.99. The van der Waals surface area contributed by atoms with E-state index in [1.165, 1.54) is 38.5 Å². The zero-order valence-electron chi connectivity index (χ0n) is 13.9. The lowest BCUT2D eigenvalue weighted by atomic mass is 10.4. The van der Waals surface area contributed by atoms with Gasteiger partial charge >= 0.3 is 8.25 Å². The van der Waals surface area contributed by atoms with Crippen molar-refractivity contribution in [3.63, 3.8) is 0 Å². The molecular weight excluding hydrogens is 310 g/mol. The van der Waals surface area contributed by atoms with Crippen molar-refractivity contribution in [1.82, 2.24) is 0 Å². The predicted molar refractivity (Wildman–Crippen MR) is 90.4 cm³/mol. The number of hydrogen-bond acceptors (Lipinski definition) is 3. The van der Waals surface area contributed by atoms with Gasteiger partial charge in [0.05, 0.1) is 18.5 Å². The number of unbranched alkanes of at least 4 members (excludes halogenated alkanes) is 3. The van der Waals surface area contributed by atoms with E-state index in [-0.39, 0.29) is 7.92 Å². The molecule has 0 spiro atoms. The molecule has 0 fully saturated rings. The molecule has 2 N–H and O–H groups in total. The van der Waals surface area contributed by atoms with Gasteiger partial charge in [0.2, 0.25) is 0 Å². The minimum absolute atomic E-state index is 0.0675. The van der Waals surface area contributed by atoms with Crippen LogP contribution >= 0.6 is 16.2 Å². The summed E-state index contributed by atoms with van der Waals surface area (Å²) in [5.41, 5.74) is 0. The van der Waals surface area contributed by atoms with Crippen LogP contribution in [-0.4, -0.2) is 34.2 Å². The van der Waals surface area contributed by atoms with Crippen molar-refractivity contribution in [3.05, 3.63) is 0 Å². The molecule has 0 rings (SSSR count). The van der Waals surface area contributed by atoms with E-state index in [0.717, 1.165) is 6.92 Å². The number of carboxylic acid groups (broad SMARTS) is 1. The first-order valence-corrected chi connectivity index (χ1v) is 11.0. The third-order valence-corrected chi connectivity index (χ3v) is 5.83. The van der Waals surface area contributed by atoms with Crippen molar-refractivity contribution >= 4 is 22.1 Å². The highest BCUT2D eigenvalue weighted by Gasteiger charge is 2.12. The second-order valence-electron chi connectivity index (χ2n) is 4.80. The minimum atomic E-state index is -2.87. The number of hydrogen-bond donors (Lipinski definition) is 2. The molecular formula is C14H33O5P2+. The highest BCUT2D eigenvalue weighted by molar-refractivity contribution is 7.57. The Bertz CT molecular complexity index is 198. The first kappa shape index (κ1) is 25.9. The number of carbonyl (C=O) groups is 1. The maximum absolute atomic E-state index is 8.89. The van der Waals surface area contributed by atoms with Crippen molar-refractivity contribution in [3.8, 4) is 0 Å². The SMILES string of the molecule is CC(=O)[O-].CCCC[PH+](CCCC)CCCC.O=[P+](O)O. The molecule has 5 nitrogen and oxygen atoms in total. The van der Waals surface area contributed by atoms with Gasteiger partial charge in [0.1, 0.15) is 0 Å². The van der Waals surface area contributed by atoms with E-state index in [0.29, 0.717) is 0 Å². The lowest BCUT2D eigenvalue weighted by Crippen LogP contribution is -2.16. The third kappa shape index (κ3) is 45.0. The second-order valence-corrected chi connectivity index (χ2v) is 8.31. The molecule has 128 valence electrons. The molecule has 21 heavy (non-hydrogen) atoms. The van der Waals surface area contributed by atoms with E-state index in [1.807, 2.05) is 0 Å². The number of carboxylic acids is 1. The topological polar surface area (TPSA) is 97.7 Å². The fourth-order valence-corrected chi connectivity index (χ4v) is 4.97. The van der Waals surface area contributed by atoms with Crippen LogP contribution in [0.25, 0.3) is 0 Å². The number of rotatable bonds is 9. The second kappa shape index (κ2) is 22.2. The smallest absolute Gasteiger partial charge is 0.550 e. The Morgan fingerprint density at radius 1 is 0.952 bits per heavy atom. The number of aliphatic carboxylic acids is 1. The monoisotopic (exact) mass is 343 g/mol. The van der Waals surface area contributed by atoms with Crippen LogP contribution in [-0.2, 0) is 9.36 Å². The summed E-state index contributed by atoms with van der Waals surface area (Å²) in [7, 11) is -2.80. The molecule has 0 unspecified atom stereocenters. The van der Waals surface area contributed by atoms with Crippen LogP contribution in [0.15, 0.2) is 0 Å². The Kier molecular flexibility index (Phi) is 27.3. The van der Waals surface area contributed by atoms with Crippen LogP contribution in [0.4, 0.5) is 0 Å². The lowest BCUT2D eigenvalue weighted by molar-refractivity contribution is -0.302. The molecule has 0 radical (unpaired) electrons. The third-order valence-electron chi connectivity index (χ3n) is 2.65. The molecule has 0 aliphatic carbocycles. The summed E-state index contributed by atoms with van der Waals surface area (Å²) >= 11 is 0. The Morgan fingerprint density at radius 3 is 1.29 bits per heavy atom. The van der Waals surface area contributed by atoms with E-state index < -0.39 is 14.2 Å². The summed E-state index contributed by atoms with van der Waals surface area (Å²) in [5, 5.41) is 8.89. The van der Waals surface area contributed by atoms with Crippen LogP contribution in [0.5, 0.6) is 0 Å². The van der Waals surface area contributed by atoms with Gasteiger partial charge in [-0.25, -0.2) is 0 Å². The van der Waals surface area contributed by atoms with Gasteiger partial charge in [-0.15, -0.1) is 9.79 Å². The lowest BCUT2D eigenvalue weighted by Gasteiger charge is -2.09. The maximum Gasteiger partial charge on any atom is 0.692 e. The molecule has 7 heteroatoms. The Hall–Kier alpha value is -0.0800. The molecule has 0 aromatic heterocycles. The van der Waals surface area contributed by atoms with Crippen molar-refractivity contribution in [2.24, 2.45) is 0 Å². The Balaban J connectivity index is -0.000000334. The van der Waals surface area contributed by atoms with Crippen molar-refractivity contribution in [2.75, 3.05) is 18.5 Å². The standard InChI is InChI=1S/C12H27P.C2H4O2.HO3P/c1-4-7-10-13(11-8-5-2)12-9-6-3;1-2(3)4;1-4(2)3/h4-12H2,1-3H3;1H3,(H,3,4);(H-,1,2,3)/p+1. The van der Waals surface area contributed by atoms with E-state index in [2.05, 4.69) is 20.8 Å². The van der Waals surface area contributed by atoms with Gasteiger partial charge in [0.15, 0.2) is 0 Å². The summed E-state index contributed by atoms with van der Waals surface area (Å²) in [6.45, 7) is 7.93. The van der Waals surface area contributed by atoms with Gasteiger partial charge in [0.25, 0.3) is 0 Å². The van der Waals surface area contributed by atoms with Gasteiger partial charge in [0, 0.05) is 18.5 Å². The van der Waals surface area contributed by atoms with Crippen LogP contribution in [0.3, 0.4) is 0 Å². The van der Waals surface area contributed by atoms with Gasteiger partial charge in [-0.3, -0.25) is 0 Å². The summed E-state index contributed by atoms with van der Waals surface area (Å²) in [5.74, 6) is -1.08. The van der Waals surface area contributed by atoms with Crippen LogP contribution < -0.4 is 5.11 Å². The van der Waals surface area contributed by atoms with E-state index >= 15 is 0 Å². The maximum atomic E-state index is 8.89. The van der Waals surface area contributed by atoms with Crippen molar-refractivity contribution in [1.29, 1.82) is 0 Å². The van der Waals surface area contributed by atoms with E-state index in [4.69, 9.17) is 24.3 Å². The van der Waals surface area contributed by atoms with Gasteiger partial charge in [-0.2, -0.15) is 0 Å². The molecule has 0 aliphatic rings. The summed E-state index contributed by atoms with van der Waals surface area (Å²) < 4.78 is 8.70. The Labute approximate surface area is 131 Å². The van der Waals surface area contributed by atoms with E-state index in [9.17, 15) is 0 Å². The van der Waals surface area contributed by atoms with Crippen molar-refractivity contribution in [2.45, 2.75) is 66.2 Å². The van der Waals surface area contributed by atoms with Crippen LogP contribution in [0, 0.1) is 0 Å². The normalized spacial score (nSPS) is 9.29. The average Bonchev–Trinajstić information content (AvgIpc) is 2.36. The molecule has 0 saturated carbocycles. The zero-order chi connectivity index (χ0) is 17.1. The van der Waals surface area contributed by atoms with Crippen LogP contribution in [0.2, 0.25) is 0 Å². The summed E-state index contributed by atoms with van der Waals surface area (Å²) in [6.07, 6.45) is 13.4. The number of carbonyl (C=O) groups excluding carboxylic acids is 1. The minimum Gasteiger partial charge on any atom is -0.550 e. The molecule has 0 amide bonds. The molecule has 0 aromatic rings. The Morgan fingerprint density at radius 2 is 1.14 bits per heavy atom. The molecule has 0 saturated heterocycles. The average molecular weight is 343 g/mol.